The first kappa shape index (κ1) is 77.6. The molecule has 0 saturated heterocycles. The standard InChI is InChI=1S/CH4.H3N.H2O.Y/h1H4;1H3;1H2;. The minimum Gasteiger partial charge on any atom is -0.412 e. The first-order valence-electron chi connectivity index (χ1n) is 0. The summed E-state index contributed by atoms with van der Waals surface area (Å²) in [6, 6.07) is 0. The monoisotopic (exact) mass is 140 g/mol. The van der Waals surface area contributed by atoms with Crippen molar-refractivity contribution < 1.29 is 38.2 Å². The number of rotatable bonds is 0. The molecular weight excluding hydrogens is 131 g/mol. The van der Waals surface area contributed by atoms with Crippen LogP contribution >= 0.6 is 0 Å². The van der Waals surface area contributed by atoms with E-state index in [0.29, 0.717) is 0 Å². The van der Waals surface area contributed by atoms with Crippen LogP contribution < -0.4 is 6.15 Å². The van der Waals surface area contributed by atoms with Gasteiger partial charge in [-0.15, -0.1) is 0 Å². The molecule has 0 aliphatic rings. The maximum Gasteiger partial charge on any atom is 0 e. The van der Waals surface area contributed by atoms with Crippen LogP contribution in [0.4, 0.5) is 0 Å². The average molecular weight is 140 g/mol. The predicted octanol–water partition coefficient (Wildman–Crippen LogP) is -0.0291. The molecule has 0 rings (SSSR count). The van der Waals surface area contributed by atoms with E-state index in [4.69, 9.17) is 0 Å². The van der Waals surface area contributed by atoms with Crippen molar-refractivity contribution in [1.29, 1.82) is 0 Å². The second kappa shape index (κ2) is 35.1. The molecule has 3 heteroatoms. The topological polar surface area (TPSA) is 66.5 Å². The summed E-state index contributed by atoms with van der Waals surface area (Å²) in [5.74, 6) is 0. The maximum atomic E-state index is 0. The van der Waals surface area contributed by atoms with Gasteiger partial charge in [0.05, 0.1) is 0 Å². The summed E-state index contributed by atoms with van der Waals surface area (Å²) in [6.07, 6.45) is 0. The molecule has 0 aromatic heterocycles. The molecule has 0 bridgehead atoms. The molecule has 0 saturated carbocycles. The van der Waals surface area contributed by atoms with Crippen molar-refractivity contribution in [2.75, 3.05) is 0 Å². The Bertz CT molecular complexity index is 8.00. The Hall–Kier alpha value is 1.02. The van der Waals surface area contributed by atoms with Crippen LogP contribution in [0.3, 0.4) is 0 Å². The van der Waals surface area contributed by atoms with Gasteiger partial charge in [0.25, 0.3) is 0 Å². The fourth-order valence-corrected chi connectivity index (χ4v) is 0. The van der Waals surface area contributed by atoms with E-state index in [1.165, 1.54) is 0 Å². The van der Waals surface area contributed by atoms with Crippen LogP contribution in [0.1, 0.15) is 7.43 Å². The quantitative estimate of drug-likeness (QED) is 0.504. The summed E-state index contributed by atoms with van der Waals surface area (Å²) in [4.78, 5) is 0. The minimum absolute atomic E-state index is 0. The Morgan fingerprint density at radius 2 is 1.00 bits per heavy atom. The Morgan fingerprint density at radius 1 is 1.00 bits per heavy atom. The molecule has 5 N–H and O–H groups in total. The van der Waals surface area contributed by atoms with Crippen molar-refractivity contribution in [2.45, 2.75) is 7.43 Å². The van der Waals surface area contributed by atoms with Crippen molar-refractivity contribution in [3.05, 3.63) is 0 Å². The van der Waals surface area contributed by atoms with E-state index in [1.807, 2.05) is 0 Å². The van der Waals surface area contributed by atoms with Gasteiger partial charge in [-0.1, -0.05) is 7.43 Å². The fraction of sp³-hybridized carbons (Fsp3) is 1.00. The summed E-state index contributed by atoms with van der Waals surface area (Å²) in [6.45, 7) is 0. The summed E-state index contributed by atoms with van der Waals surface area (Å²) < 4.78 is 0. The molecule has 1 radical (unpaired) electrons. The maximum absolute atomic E-state index is 0. The van der Waals surface area contributed by atoms with Crippen LogP contribution in [-0.4, -0.2) is 5.48 Å². The number of hydrogen-bond donors (Lipinski definition) is 1. The zero-order valence-electron chi connectivity index (χ0n) is 1.78. The van der Waals surface area contributed by atoms with Crippen molar-refractivity contribution >= 4 is 0 Å². The third kappa shape index (κ3) is 11.8. The van der Waals surface area contributed by atoms with Crippen molar-refractivity contribution in [3.8, 4) is 0 Å². The molecular formula is CH9NOY. The summed E-state index contributed by atoms with van der Waals surface area (Å²) in [5, 5.41) is 0. The molecule has 0 fully saturated rings. The third-order valence-electron chi connectivity index (χ3n) is 0. The number of hydrogen-bond acceptors (Lipinski definition) is 1. The van der Waals surface area contributed by atoms with Gasteiger partial charge in [-0.2, -0.15) is 0 Å². The van der Waals surface area contributed by atoms with Crippen LogP contribution in [0.2, 0.25) is 0 Å². The van der Waals surface area contributed by atoms with Gasteiger partial charge in [-0.3, -0.25) is 0 Å². The van der Waals surface area contributed by atoms with Gasteiger partial charge in [0.2, 0.25) is 0 Å². The summed E-state index contributed by atoms with van der Waals surface area (Å²) in [5.41, 5.74) is 0. The molecule has 0 aromatic carbocycles. The Balaban J connectivity index is 0. The molecule has 0 heterocycles. The fourth-order valence-electron chi connectivity index (χ4n) is 0. The van der Waals surface area contributed by atoms with Crippen molar-refractivity contribution in [3.63, 3.8) is 0 Å². The van der Waals surface area contributed by atoms with Gasteiger partial charge in [0.15, 0.2) is 0 Å². The van der Waals surface area contributed by atoms with Gasteiger partial charge in [0.1, 0.15) is 0 Å². The smallest absolute Gasteiger partial charge is 0 e. The van der Waals surface area contributed by atoms with E-state index in [2.05, 4.69) is 0 Å². The molecule has 0 unspecified atom stereocenters. The molecule has 4 heavy (non-hydrogen) atoms. The zero-order chi connectivity index (χ0) is 0. The van der Waals surface area contributed by atoms with Crippen molar-refractivity contribution in [1.82, 2.24) is 6.15 Å². The molecule has 0 atom stereocenters. The largest absolute Gasteiger partial charge is 0.412 e. The zero-order valence-corrected chi connectivity index (χ0v) is 4.62. The van der Waals surface area contributed by atoms with E-state index in [1.54, 1.807) is 0 Å². The van der Waals surface area contributed by atoms with Gasteiger partial charge in [0, 0.05) is 32.7 Å². The molecule has 2 nitrogen and oxygen atoms in total. The van der Waals surface area contributed by atoms with Crippen LogP contribution in [0.5, 0.6) is 0 Å². The van der Waals surface area contributed by atoms with Gasteiger partial charge in [-0.25, -0.2) is 0 Å². The molecule has 0 spiro atoms. The Kier molecular flexibility index (Phi) is 681. The molecule has 27 valence electrons. The SMILES string of the molecule is C.N.O.[Y]. The van der Waals surface area contributed by atoms with E-state index < -0.39 is 0 Å². The Labute approximate surface area is 51.7 Å². The third-order valence-corrected chi connectivity index (χ3v) is 0. The van der Waals surface area contributed by atoms with Crippen LogP contribution in [-0.2, 0) is 32.7 Å². The second-order valence-corrected chi connectivity index (χ2v) is 0. The first-order chi connectivity index (χ1) is 0. The van der Waals surface area contributed by atoms with Crippen LogP contribution in [0, 0.1) is 0 Å². The van der Waals surface area contributed by atoms with E-state index in [9.17, 15) is 0 Å². The van der Waals surface area contributed by atoms with Gasteiger partial charge >= 0.3 is 0 Å². The van der Waals surface area contributed by atoms with E-state index in [0.717, 1.165) is 0 Å². The van der Waals surface area contributed by atoms with Gasteiger partial charge in [-0.05, 0) is 0 Å². The summed E-state index contributed by atoms with van der Waals surface area (Å²) in [7, 11) is 0. The van der Waals surface area contributed by atoms with E-state index >= 15 is 0 Å². The molecule has 0 aliphatic heterocycles. The molecule has 0 amide bonds. The predicted molar refractivity (Wildman–Crippen MR) is 15.4 cm³/mol. The minimum atomic E-state index is 0. The average Bonchev–Trinajstić information content (AvgIpc) is 0. The molecule has 0 aromatic rings. The second-order valence-electron chi connectivity index (χ2n) is 0. The normalized spacial score (nSPS) is 0. The van der Waals surface area contributed by atoms with Crippen LogP contribution in [0.15, 0.2) is 0 Å². The van der Waals surface area contributed by atoms with Gasteiger partial charge < -0.3 is 11.6 Å². The Morgan fingerprint density at radius 3 is 1.00 bits per heavy atom. The van der Waals surface area contributed by atoms with Crippen LogP contribution in [0.25, 0.3) is 0 Å². The van der Waals surface area contributed by atoms with E-state index in [-0.39, 0.29) is 51.8 Å². The molecule has 0 aliphatic carbocycles. The first-order valence-corrected chi connectivity index (χ1v) is 0. The van der Waals surface area contributed by atoms with Crippen molar-refractivity contribution in [2.24, 2.45) is 0 Å². The summed E-state index contributed by atoms with van der Waals surface area (Å²) >= 11 is 0.